The molecule has 70 valence electrons. The molecular formula is C9H14N4. The first-order valence-corrected chi connectivity index (χ1v) is 4.11. The van der Waals surface area contributed by atoms with Gasteiger partial charge in [-0.1, -0.05) is 0 Å². The summed E-state index contributed by atoms with van der Waals surface area (Å²) < 4.78 is 0. The molecule has 13 heavy (non-hydrogen) atoms. The molecule has 0 aliphatic rings. The Labute approximate surface area is 78.4 Å². The van der Waals surface area contributed by atoms with Crippen molar-refractivity contribution in [1.29, 1.82) is 0 Å². The summed E-state index contributed by atoms with van der Waals surface area (Å²) in [5, 5.41) is 0. The second kappa shape index (κ2) is 3.98. The highest BCUT2D eigenvalue weighted by Crippen LogP contribution is 2.05. The number of aromatic nitrogens is 2. The molecule has 0 spiro atoms. The van der Waals surface area contributed by atoms with Crippen LogP contribution in [-0.4, -0.2) is 35.3 Å². The highest BCUT2D eigenvalue weighted by Gasteiger charge is 1.95. The Morgan fingerprint density at radius 3 is 2.23 bits per heavy atom. The quantitative estimate of drug-likeness (QED) is 0.506. The summed E-state index contributed by atoms with van der Waals surface area (Å²) in [6.07, 6.45) is 1.69. The molecular weight excluding hydrogens is 164 g/mol. The highest BCUT2D eigenvalue weighted by atomic mass is 15.1. The lowest BCUT2D eigenvalue weighted by molar-refractivity contribution is 0.642. The molecule has 0 atom stereocenters. The lowest BCUT2D eigenvalue weighted by Gasteiger charge is -2.02. The molecule has 0 amide bonds. The molecule has 1 aromatic heterocycles. The Hall–Kier alpha value is -1.45. The maximum absolute atomic E-state index is 4.17. The van der Waals surface area contributed by atoms with E-state index < -0.39 is 0 Å². The molecule has 0 saturated carbocycles. The van der Waals surface area contributed by atoms with Gasteiger partial charge in [-0.3, -0.25) is 0 Å². The molecule has 1 aromatic rings. The minimum atomic E-state index is 0.520. The lowest BCUT2D eigenvalue weighted by Crippen LogP contribution is -2.07. The molecule has 4 nitrogen and oxygen atoms in total. The van der Waals surface area contributed by atoms with Gasteiger partial charge in [0.05, 0.1) is 6.34 Å². The van der Waals surface area contributed by atoms with E-state index in [9.17, 15) is 0 Å². The van der Waals surface area contributed by atoms with E-state index in [1.54, 1.807) is 6.34 Å². The minimum Gasteiger partial charge on any atom is -0.369 e. The maximum Gasteiger partial charge on any atom is 0.251 e. The van der Waals surface area contributed by atoms with E-state index >= 15 is 0 Å². The Bertz CT molecular complexity index is 297. The summed E-state index contributed by atoms with van der Waals surface area (Å²) in [4.78, 5) is 14.3. The average molecular weight is 178 g/mol. The fourth-order valence-corrected chi connectivity index (χ4v) is 0.932. The van der Waals surface area contributed by atoms with Crippen LogP contribution in [0.3, 0.4) is 0 Å². The van der Waals surface area contributed by atoms with Crippen LogP contribution in [0.15, 0.2) is 11.1 Å². The summed E-state index contributed by atoms with van der Waals surface area (Å²) in [6.45, 7) is 3.87. The van der Waals surface area contributed by atoms with Crippen LogP contribution >= 0.6 is 0 Å². The first-order valence-electron chi connectivity index (χ1n) is 4.11. The normalized spacial score (nSPS) is 10.8. The summed E-state index contributed by atoms with van der Waals surface area (Å²) in [7, 11) is 3.82. The topological polar surface area (TPSA) is 41.4 Å². The zero-order valence-electron chi connectivity index (χ0n) is 8.44. The Kier molecular flexibility index (Phi) is 2.95. The Balaban J connectivity index is 2.89. The van der Waals surface area contributed by atoms with Crippen molar-refractivity contribution in [3.8, 4) is 0 Å². The third-order valence-electron chi connectivity index (χ3n) is 1.37. The van der Waals surface area contributed by atoms with Crippen molar-refractivity contribution in [2.24, 2.45) is 4.99 Å². The van der Waals surface area contributed by atoms with E-state index in [1.165, 1.54) is 0 Å². The van der Waals surface area contributed by atoms with Gasteiger partial charge in [-0.15, -0.1) is 0 Å². The van der Waals surface area contributed by atoms with E-state index in [0.717, 1.165) is 11.4 Å². The third kappa shape index (κ3) is 3.19. The fourth-order valence-electron chi connectivity index (χ4n) is 0.932. The first-order chi connectivity index (χ1) is 6.08. The standard InChI is InChI=1S/C9H14N4/c1-7-5-8(2)12-9(11-7)10-6-13(3)4/h5-6H,1-4H3/b10-6+. The number of hydrogen-bond acceptors (Lipinski definition) is 3. The highest BCUT2D eigenvalue weighted by molar-refractivity contribution is 5.57. The molecule has 1 heterocycles. The predicted octanol–water partition coefficient (Wildman–Crippen LogP) is 1.31. The average Bonchev–Trinajstić information content (AvgIpc) is 1.99. The van der Waals surface area contributed by atoms with Gasteiger partial charge in [-0.2, -0.15) is 0 Å². The van der Waals surface area contributed by atoms with Gasteiger partial charge in [0.1, 0.15) is 0 Å². The maximum atomic E-state index is 4.17. The van der Waals surface area contributed by atoms with Gasteiger partial charge in [0, 0.05) is 25.5 Å². The zero-order valence-corrected chi connectivity index (χ0v) is 8.44. The molecule has 0 radical (unpaired) electrons. The van der Waals surface area contributed by atoms with Gasteiger partial charge >= 0.3 is 0 Å². The molecule has 0 aliphatic heterocycles. The van der Waals surface area contributed by atoms with E-state index in [-0.39, 0.29) is 0 Å². The van der Waals surface area contributed by atoms with Crippen LogP contribution in [0.2, 0.25) is 0 Å². The number of hydrogen-bond donors (Lipinski definition) is 0. The Morgan fingerprint density at radius 1 is 1.23 bits per heavy atom. The number of nitrogens with zero attached hydrogens (tertiary/aromatic N) is 4. The number of rotatable bonds is 2. The third-order valence-corrected chi connectivity index (χ3v) is 1.37. The molecule has 1 rings (SSSR count). The van der Waals surface area contributed by atoms with Crippen molar-refractivity contribution in [1.82, 2.24) is 14.9 Å². The van der Waals surface area contributed by atoms with Crippen LogP contribution in [-0.2, 0) is 0 Å². The minimum absolute atomic E-state index is 0.520. The molecule has 4 heteroatoms. The summed E-state index contributed by atoms with van der Waals surface area (Å²) in [5.41, 5.74) is 1.89. The van der Waals surface area contributed by atoms with Crippen molar-refractivity contribution in [2.75, 3.05) is 14.1 Å². The fraction of sp³-hybridized carbons (Fsp3) is 0.444. The SMILES string of the molecule is Cc1cc(C)nc(/N=C/N(C)C)n1. The molecule has 0 unspecified atom stereocenters. The molecule has 0 bridgehead atoms. The second-order valence-electron chi connectivity index (χ2n) is 3.16. The number of aryl methyl sites for hydroxylation is 2. The molecule has 0 saturated heterocycles. The van der Waals surface area contributed by atoms with Crippen molar-refractivity contribution in [3.63, 3.8) is 0 Å². The van der Waals surface area contributed by atoms with Crippen LogP contribution in [0.4, 0.5) is 5.95 Å². The molecule has 0 fully saturated rings. The predicted molar refractivity (Wildman–Crippen MR) is 53.3 cm³/mol. The zero-order chi connectivity index (χ0) is 9.84. The van der Waals surface area contributed by atoms with Gasteiger partial charge < -0.3 is 4.90 Å². The summed E-state index contributed by atoms with van der Waals surface area (Å²) in [5.74, 6) is 0.520. The van der Waals surface area contributed by atoms with Crippen LogP contribution < -0.4 is 0 Å². The van der Waals surface area contributed by atoms with Crippen LogP contribution in [0.5, 0.6) is 0 Å². The van der Waals surface area contributed by atoms with Gasteiger partial charge in [0.15, 0.2) is 0 Å². The van der Waals surface area contributed by atoms with E-state index in [1.807, 2.05) is 38.9 Å². The lowest BCUT2D eigenvalue weighted by atomic mass is 10.4. The van der Waals surface area contributed by atoms with Crippen molar-refractivity contribution in [2.45, 2.75) is 13.8 Å². The number of aliphatic imine (C=N–C) groups is 1. The second-order valence-corrected chi connectivity index (χ2v) is 3.16. The first kappa shape index (κ1) is 9.64. The molecule has 0 aromatic carbocycles. The van der Waals surface area contributed by atoms with Gasteiger partial charge in [0.2, 0.25) is 0 Å². The van der Waals surface area contributed by atoms with E-state index in [2.05, 4.69) is 15.0 Å². The largest absolute Gasteiger partial charge is 0.369 e. The van der Waals surface area contributed by atoms with Crippen molar-refractivity contribution in [3.05, 3.63) is 17.5 Å². The van der Waals surface area contributed by atoms with E-state index in [0.29, 0.717) is 5.95 Å². The molecule has 0 N–H and O–H groups in total. The van der Waals surface area contributed by atoms with Crippen LogP contribution in [0.25, 0.3) is 0 Å². The van der Waals surface area contributed by atoms with Crippen LogP contribution in [0, 0.1) is 13.8 Å². The van der Waals surface area contributed by atoms with Gasteiger partial charge in [0.25, 0.3) is 5.95 Å². The summed E-state index contributed by atoms with van der Waals surface area (Å²) in [6, 6.07) is 1.93. The smallest absolute Gasteiger partial charge is 0.251 e. The van der Waals surface area contributed by atoms with E-state index in [4.69, 9.17) is 0 Å². The Morgan fingerprint density at radius 2 is 1.77 bits per heavy atom. The van der Waals surface area contributed by atoms with Crippen molar-refractivity contribution < 1.29 is 0 Å². The van der Waals surface area contributed by atoms with Gasteiger partial charge in [-0.05, 0) is 19.9 Å². The monoisotopic (exact) mass is 178 g/mol. The van der Waals surface area contributed by atoms with Gasteiger partial charge in [-0.25, -0.2) is 15.0 Å². The van der Waals surface area contributed by atoms with Crippen LogP contribution in [0.1, 0.15) is 11.4 Å². The van der Waals surface area contributed by atoms with Crippen molar-refractivity contribution >= 4 is 12.3 Å². The summed E-state index contributed by atoms with van der Waals surface area (Å²) >= 11 is 0. The molecule has 0 aliphatic carbocycles.